The molecule has 0 unspecified atom stereocenters. The minimum atomic E-state index is 0.778. The highest BCUT2D eigenvalue weighted by Crippen LogP contribution is 2.20. The third kappa shape index (κ3) is 3.74. The van der Waals surface area contributed by atoms with Gasteiger partial charge >= 0.3 is 0 Å². The van der Waals surface area contributed by atoms with E-state index in [1.54, 1.807) is 13.3 Å². The summed E-state index contributed by atoms with van der Waals surface area (Å²) in [6, 6.07) is 12.2. The summed E-state index contributed by atoms with van der Waals surface area (Å²) < 4.78 is 7.31. The summed E-state index contributed by atoms with van der Waals surface area (Å²) in [6.45, 7) is 6.33. The van der Waals surface area contributed by atoms with Gasteiger partial charge in [0.25, 0.3) is 0 Å². The van der Waals surface area contributed by atoms with E-state index < -0.39 is 0 Å². The maximum absolute atomic E-state index is 5.50. The standard InChI is InChI=1S/C19H22N4OS/c1-4-22(5-2)16-10-8-15(9-11-16)13-21-23-17(14-25-19(23)20-3)18-7-6-12-24-18/h6-14H,4-5H2,1-3H3. The molecule has 0 spiro atoms. The van der Waals surface area contributed by atoms with Gasteiger partial charge in [0.15, 0.2) is 5.76 Å². The van der Waals surface area contributed by atoms with Crippen molar-refractivity contribution in [2.75, 3.05) is 25.0 Å². The lowest BCUT2D eigenvalue weighted by Gasteiger charge is -2.20. The molecule has 0 aliphatic heterocycles. The second-order valence-corrected chi connectivity index (χ2v) is 6.26. The average molecular weight is 354 g/mol. The van der Waals surface area contributed by atoms with Crippen LogP contribution in [0, 0.1) is 0 Å². The van der Waals surface area contributed by atoms with E-state index in [1.165, 1.54) is 17.0 Å². The number of hydrogen-bond donors (Lipinski definition) is 0. The van der Waals surface area contributed by atoms with E-state index in [1.807, 2.05) is 28.4 Å². The molecule has 1 aromatic carbocycles. The summed E-state index contributed by atoms with van der Waals surface area (Å²) in [5.41, 5.74) is 3.17. The quantitative estimate of drug-likeness (QED) is 0.627. The molecule has 0 aliphatic carbocycles. The smallest absolute Gasteiger partial charge is 0.206 e. The number of nitrogens with zero attached hydrogens (tertiary/aromatic N) is 4. The van der Waals surface area contributed by atoms with E-state index in [9.17, 15) is 0 Å². The first-order chi connectivity index (χ1) is 12.3. The van der Waals surface area contributed by atoms with E-state index in [-0.39, 0.29) is 0 Å². The van der Waals surface area contributed by atoms with Crippen LogP contribution in [-0.4, -0.2) is 31.0 Å². The van der Waals surface area contributed by atoms with Gasteiger partial charge in [0.05, 0.1) is 12.5 Å². The lowest BCUT2D eigenvalue weighted by atomic mass is 10.2. The van der Waals surface area contributed by atoms with Gasteiger partial charge in [-0.3, -0.25) is 4.99 Å². The maximum atomic E-state index is 5.50. The lowest BCUT2D eigenvalue weighted by Crippen LogP contribution is -2.21. The van der Waals surface area contributed by atoms with Crippen molar-refractivity contribution in [1.82, 2.24) is 4.68 Å². The highest BCUT2D eigenvalue weighted by Gasteiger charge is 2.09. The molecule has 0 fully saturated rings. The van der Waals surface area contributed by atoms with Gasteiger partial charge in [-0.1, -0.05) is 12.1 Å². The molecule has 130 valence electrons. The van der Waals surface area contributed by atoms with E-state index >= 15 is 0 Å². The Bertz CT molecular complexity index is 884. The second kappa shape index (κ2) is 7.98. The summed E-state index contributed by atoms with van der Waals surface area (Å²) in [5, 5.41) is 6.61. The Kier molecular flexibility index (Phi) is 5.50. The Hall–Kier alpha value is -2.60. The van der Waals surface area contributed by atoms with Crippen LogP contribution in [0.4, 0.5) is 5.69 Å². The van der Waals surface area contributed by atoms with Crippen LogP contribution < -0.4 is 9.70 Å². The lowest BCUT2D eigenvalue weighted by molar-refractivity contribution is 0.575. The van der Waals surface area contributed by atoms with Crippen molar-refractivity contribution in [3.8, 4) is 11.5 Å². The van der Waals surface area contributed by atoms with Gasteiger partial charge < -0.3 is 9.32 Å². The zero-order valence-corrected chi connectivity index (χ0v) is 15.5. The van der Waals surface area contributed by atoms with Crippen LogP contribution in [0.2, 0.25) is 0 Å². The van der Waals surface area contributed by atoms with Crippen molar-refractivity contribution in [1.29, 1.82) is 0 Å². The first kappa shape index (κ1) is 17.2. The number of rotatable bonds is 6. The van der Waals surface area contributed by atoms with Crippen molar-refractivity contribution in [3.63, 3.8) is 0 Å². The number of anilines is 1. The zero-order chi connectivity index (χ0) is 17.6. The fourth-order valence-corrected chi connectivity index (χ4v) is 3.43. The normalized spacial score (nSPS) is 12.2. The van der Waals surface area contributed by atoms with Gasteiger partial charge in [0.2, 0.25) is 4.80 Å². The largest absolute Gasteiger partial charge is 0.463 e. The predicted molar refractivity (Wildman–Crippen MR) is 104 cm³/mol. The Morgan fingerprint density at radius 1 is 1.16 bits per heavy atom. The molecule has 2 heterocycles. The highest BCUT2D eigenvalue weighted by molar-refractivity contribution is 7.07. The number of benzene rings is 1. The molecule has 3 aromatic rings. The van der Waals surface area contributed by atoms with Gasteiger partial charge in [0.1, 0.15) is 5.69 Å². The SMILES string of the molecule is CCN(CC)c1ccc(C=Nn2c(-c3ccco3)csc2=NC)cc1. The number of aromatic nitrogens is 1. The summed E-state index contributed by atoms with van der Waals surface area (Å²) in [4.78, 5) is 7.43. The molecule has 0 N–H and O–H groups in total. The predicted octanol–water partition coefficient (Wildman–Crippen LogP) is 4.07. The minimum Gasteiger partial charge on any atom is -0.463 e. The van der Waals surface area contributed by atoms with Crippen LogP contribution in [0.15, 0.2) is 62.6 Å². The molecule has 0 saturated heterocycles. The second-order valence-electron chi connectivity index (χ2n) is 5.42. The molecule has 2 aromatic heterocycles. The van der Waals surface area contributed by atoms with Crippen LogP contribution in [0.5, 0.6) is 0 Å². The van der Waals surface area contributed by atoms with Crippen molar-refractivity contribution in [2.24, 2.45) is 10.1 Å². The van der Waals surface area contributed by atoms with E-state index in [2.05, 4.69) is 53.1 Å². The average Bonchev–Trinajstić information content (AvgIpc) is 3.31. The molecular weight excluding hydrogens is 332 g/mol. The number of hydrogen-bond acceptors (Lipinski definition) is 5. The monoisotopic (exact) mass is 354 g/mol. The molecule has 5 nitrogen and oxygen atoms in total. The third-order valence-electron chi connectivity index (χ3n) is 3.99. The van der Waals surface area contributed by atoms with Crippen molar-refractivity contribution >= 4 is 23.2 Å². The van der Waals surface area contributed by atoms with E-state index in [0.29, 0.717) is 0 Å². The number of furan rings is 1. The summed E-state index contributed by atoms with van der Waals surface area (Å²) in [7, 11) is 1.77. The van der Waals surface area contributed by atoms with Crippen molar-refractivity contribution in [3.05, 3.63) is 58.4 Å². The Balaban J connectivity index is 1.89. The molecule has 0 bridgehead atoms. The van der Waals surface area contributed by atoms with Gasteiger partial charge in [-0.15, -0.1) is 11.3 Å². The topological polar surface area (TPSA) is 46.0 Å². The first-order valence-electron chi connectivity index (χ1n) is 8.33. The van der Waals surface area contributed by atoms with Crippen LogP contribution in [-0.2, 0) is 0 Å². The molecule has 0 amide bonds. The highest BCUT2D eigenvalue weighted by atomic mass is 32.1. The summed E-state index contributed by atoms with van der Waals surface area (Å²) in [5.74, 6) is 0.778. The molecule has 6 heteroatoms. The molecule has 0 aliphatic rings. The van der Waals surface area contributed by atoms with Crippen LogP contribution in [0.25, 0.3) is 11.5 Å². The molecule has 25 heavy (non-hydrogen) atoms. The summed E-state index contributed by atoms with van der Waals surface area (Å²) >= 11 is 1.54. The minimum absolute atomic E-state index is 0.778. The van der Waals surface area contributed by atoms with Gasteiger partial charge in [-0.05, 0) is 43.7 Å². The summed E-state index contributed by atoms with van der Waals surface area (Å²) in [6.07, 6.45) is 3.51. The molecule has 0 saturated carbocycles. The molecule has 3 rings (SSSR count). The van der Waals surface area contributed by atoms with Crippen LogP contribution in [0.3, 0.4) is 0 Å². The van der Waals surface area contributed by atoms with Crippen LogP contribution in [0.1, 0.15) is 19.4 Å². The first-order valence-corrected chi connectivity index (χ1v) is 9.21. The fraction of sp³-hybridized carbons (Fsp3) is 0.263. The van der Waals surface area contributed by atoms with E-state index in [0.717, 1.165) is 34.9 Å². The van der Waals surface area contributed by atoms with Crippen molar-refractivity contribution < 1.29 is 4.42 Å². The van der Waals surface area contributed by atoms with Gasteiger partial charge in [-0.25, -0.2) is 4.68 Å². The fourth-order valence-electron chi connectivity index (χ4n) is 2.64. The molecular formula is C19H22N4OS. The molecule has 0 radical (unpaired) electrons. The zero-order valence-electron chi connectivity index (χ0n) is 14.7. The number of thiazole rings is 1. The third-order valence-corrected chi connectivity index (χ3v) is 4.90. The van der Waals surface area contributed by atoms with Gasteiger partial charge in [0, 0.05) is 31.2 Å². The maximum Gasteiger partial charge on any atom is 0.206 e. The molecule has 0 atom stereocenters. The van der Waals surface area contributed by atoms with Crippen LogP contribution >= 0.6 is 11.3 Å². The Labute approximate surface area is 151 Å². The Morgan fingerprint density at radius 3 is 2.52 bits per heavy atom. The van der Waals surface area contributed by atoms with Crippen molar-refractivity contribution in [2.45, 2.75) is 13.8 Å². The Morgan fingerprint density at radius 2 is 1.92 bits per heavy atom. The van der Waals surface area contributed by atoms with E-state index in [4.69, 9.17) is 4.42 Å². The van der Waals surface area contributed by atoms with Gasteiger partial charge in [-0.2, -0.15) is 5.10 Å².